The third-order valence-corrected chi connectivity index (χ3v) is 6.12. The molecule has 1 atom stereocenters. The molecule has 0 aromatic heterocycles. The smallest absolute Gasteiger partial charge is 0.260 e. The second-order valence-corrected chi connectivity index (χ2v) is 8.10. The second-order valence-electron chi connectivity index (χ2n) is 8.10. The van der Waals surface area contributed by atoms with Crippen LogP contribution in [-0.4, -0.2) is 49.8 Å². The first-order valence-corrected chi connectivity index (χ1v) is 10.5. The molecule has 0 N–H and O–H groups in total. The number of carbonyl (C=O) groups is 1. The third-order valence-electron chi connectivity index (χ3n) is 6.12. The predicted molar refractivity (Wildman–Crippen MR) is 114 cm³/mol. The molecule has 2 aromatic carbocycles. The van der Waals surface area contributed by atoms with Crippen molar-refractivity contribution in [1.29, 1.82) is 0 Å². The molecule has 5 nitrogen and oxygen atoms in total. The van der Waals surface area contributed by atoms with Gasteiger partial charge < -0.3 is 14.4 Å². The summed E-state index contributed by atoms with van der Waals surface area (Å²) < 4.78 is 11.6. The Kier molecular flexibility index (Phi) is 5.88. The molecule has 0 bridgehead atoms. The summed E-state index contributed by atoms with van der Waals surface area (Å²) in [5.41, 5.74) is 2.70. The molecule has 1 unspecified atom stereocenters. The van der Waals surface area contributed by atoms with Crippen LogP contribution in [0.5, 0.6) is 5.75 Å². The SMILES string of the molecule is COc1ccc(CN2CCOC3(CCCCN(c4ccccc4)C3=O)C2)c(C)c1. The van der Waals surface area contributed by atoms with Gasteiger partial charge in [0.15, 0.2) is 5.60 Å². The van der Waals surface area contributed by atoms with E-state index in [9.17, 15) is 4.79 Å². The van der Waals surface area contributed by atoms with Gasteiger partial charge in [-0.05, 0) is 61.6 Å². The van der Waals surface area contributed by atoms with Gasteiger partial charge in [-0.15, -0.1) is 0 Å². The molecule has 2 aliphatic rings. The van der Waals surface area contributed by atoms with Crippen LogP contribution >= 0.6 is 0 Å². The van der Waals surface area contributed by atoms with Crippen molar-refractivity contribution in [3.63, 3.8) is 0 Å². The maximum atomic E-state index is 13.6. The van der Waals surface area contributed by atoms with Crippen molar-refractivity contribution in [1.82, 2.24) is 4.90 Å². The minimum absolute atomic E-state index is 0.109. The van der Waals surface area contributed by atoms with Crippen molar-refractivity contribution in [2.75, 3.05) is 38.3 Å². The maximum Gasteiger partial charge on any atom is 0.260 e. The number of benzene rings is 2. The molecule has 5 heteroatoms. The van der Waals surface area contributed by atoms with E-state index in [1.165, 1.54) is 11.1 Å². The van der Waals surface area contributed by atoms with Gasteiger partial charge in [-0.3, -0.25) is 9.69 Å². The minimum Gasteiger partial charge on any atom is -0.497 e. The van der Waals surface area contributed by atoms with E-state index in [4.69, 9.17) is 9.47 Å². The Morgan fingerprint density at radius 1 is 1.10 bits per heavy atom. The molecule has 1 spiro atoms. The lowest BCUT2D eigenvalue weighted by atomic mass is 9.93. The number of carbonyl (C=O) groups excluding carboxylic acids is 1. The normalized spacial score (nSPS) is 23.2. The Balaban J connectivity index is 1.54. The molecular formula is C24H30N2O3. The first kappa shape index (κ1) is 19.9. The van der Waals surface area contributed by atoms with E-state index in [0.717, 1.165) is 50.3 Å². The molecule has 0 aliphatic carbocycles. The highest BCUT2D eigenvalue weighted by atomic mass is 16.5. The Morgan fingerprint density at radius 2 is 1.93 bits per heavy atom. The summed E-state index contributed by atoms with van der Waals surface area (Å²) in [4.78, 5) is 17.9. The Bertz CT molecular complexity index is 854. The van der Waals surface area contributed by atoms with Gasteiger partial charge in [-0.1, -0.05) is 24.3 Å². The fourth-order valence-corrected chi connectivity index (χ4v) is 4.47. The fourth-order valence-electron chi connectivity index (χ4n) is 4.47. The van der Waals surface area contributed by atoms with E-state index in [0.29, 0.717) is 13.2 Å². The molecule has 2 fully saturated rings. The maximum absolute atomic E-state index is 13.6. The third kappa shape index (κ3) is 4.16. The summed E-state index contributed by atoms with van der Waals surface area (Å²) in [5, 5.41) is 0. The number of anilines is 1. The van der Waals surface area contributed by atoms with Crippen molar-refractivity contribution in [3.8, 4) is 5.75 Å². The molecule has 2 aromatic rings. The van der Waals surface area contributed by atoms with Gasteiger partial charge in [0.05, 0.1) is 13.7 Å². The fraction of sp³-hybridized carbons (Fsp3) is 0.458. The number of hydrogen-bond acceptors (Lipinski definition) is 4. The van der Waals surface area contributed by atoms with Crippen LogP contribution < -0.4 is 9.64 Å². The molecule has 0 saturated carbocycles. The van der Waals surface area contributed by atoms with Crippen LogP contribution in [0.15, 0.2) is 48.5 Å². The zero-order valence-electron chi connectivity index (χ0n) is 17.4. The second kappa shape index (κ2) is 8.56. The minimum atomic E-state index is -0.745. The van der Waals surface area contributed by atoms with Crippen LogP contribution in [0, 0.1) is 6.92 Å². The standard InChI is InChI=1S/C24H30N2O3/c1-19-16-22(28-2)11-10-20(19)17-25-14-15-29-24(18-25)12-6-7-13-26(23(24)27)21-8-4-3-5-9-21/h3-5,8-11,16H,6-7,12-15,17-18H2,1-2H3. The summed E-state index contributed by atoms with van der Waals surface area (Å²) in [6.45, 7) is 5.75. The van der Waals surface area contributed by atoms with Crippen molar-refractivity contribution in [2.45, 2.75) is 38.3 Å². The number of methoxy groups -OCH3 is 1. The molecule has 4 rings (SSSR count). The van der Waals surface area contributed by atoms with Crippen molar-refractivity contribution in [2.24, 2.45) is 0 Å². The highest BCUT2D eigenvalue weighted by Crippen LogP contribution is 2.33. The average Bonchev–Trinajstić information content (AvgIpc) is 2.90. The number of ether oxygens (including phenoxy) is 2. The zero-order chi connectivity index (χ0) is 20.3. The number of hydrogen-bond donors (Lipinski definition) is 0. The number of amides is 1. The van der Waals surface area contributed by atoms with Crippen LogP contribution in [0.3, 0.4) is 0 Å². The monoisotopic (exact) mass is 394 g/mol. The first-order valence-electron chi connectivity index (χ1n) is 10.5. The molecule has 0 radical (unpaired) electrons. The summed E-state index contributed by atoms with van der Waals surface area (Å²) >= 11 is 0. The van der Waals surface area contributed by atoms with Gasteiger partial charge in [-0.2, -0.15) is 0 Å². The number of rotatable bonds is 4. The van der Waals surface area contributed by atoms with Crippen molar-refractivity contribution < 1.29 is 14.3 Å². The van der Waals surface area contributed by atoms with E-state index in [-0.39, 0.29) is 5.91 Å². The van der Waals surface area contributed by atoms with E-state index in [1.54, 1.807) is 7.11 Å². The lowest BCUT2D eigenvalue weighted by molar-refractivity contribution is -0.158. The van der Waals surface area contributed by atoms with Crippen LogP contribution in [0.4, 0.5) is 5.69 Å². The summed E-state index contributed by atoms with van der Waals surface area (Å²) in [7, 11) is 1.69. The molecule has 1 amide bonds. The van der Waals surface area contributed by atoms with Gasteiger partial charge in [0.2, 0.25) is 0 Å². The topological polar surface area (TPSA) is 42.0 Å². The van der Waals surface area contributed by atoms with Crippen LogP contribution in [0.1, 0.15) is 30.4 Å². The summed E-state index contributed by atoms with van der Waals surface area (Å²) in [6.07, 6.45) is 2.79. The number of nitrogens with zero attached hydrogens (tertiary/aromatic N) is 2. The largest absolute Gasteiger partial charge is 0.497 e. The van der Waals surface area contributed by atoms with Crippen molar-refractivity contribution in [3.05, 3.63) is 59.7 Å². The van der Waals surface area contributed by atoms with Crippen LogP contribution in [-0.2, 0) is 16.1 Å². The van der Waals surface area contributed by atoms with E-state index in [1.807, 2.05) is 41.3 Å². The van der Waals surface area contributed by atoms with Gasteiger partial charge >= 0.3 is 0 Å². The van der Waals surface area contributed by atoms with Gasteiger partial charge in [-0.25, -0.2) is 0 Å². The van der Waals surface area contributed by atoms with E-state index >= 15 is 0 Å². The molecule has 2 aliphatic heterocycles. The van der Waals surface area contributed by atoms with Gasteiger partial charge in [0, 0.05) is 31.9 Å². The number of para-hydroxylation sites is 1. The predicted octanol–water partition coefficient (Wildman–Crippen LogP) is 3.79. The molecule has 29 heavy (non-hydrogen) atoms. The van der Waals surface area contributed by atoms with Crippen LogP contribution in [0.25, 0.3) is 0 Å². The lowest BCUT2D eigenvalue weighted by Crippen LogP contribution is -2.59. The van der Waals surface area contributed by atoms with Gasteiger partial charge in [0.1, 0.15) is 5.75 Å². The molecular weight excluding hydrogens is 364 g/mol. The summed E-state index contributed by atoms with van der Waals surface area (Å²) in [6, 6.07) is 16.2. The molecule has 154 valence electrons. The van der Waals surface area contributed by atoms with E-state index in [2.05, 4.69) is 24.0 Å². The highest BCUT2D eigenvalue weighted by Gasteiger charge is 2.47. The highest BCUT2D eigenvalue weighted by molar-refractivity contribution is 6.00. The first-order chi connectivity index (χ1) is 14.1. The average molecular weight is 395 g/mol. The molecule has 2 saturated heterocycles. The summed E-state index contributed by atoms with van der Waals surface area (Å²) in [5.74, 6) is 0.986. The number of aryl methyl sites for hydroxylation is 1. The Morgan fingerprint density at radius 3 is 2.69 bits per heavy atom. The Labute approximate surface area is 173 Å². The lowest BCUT2D eigenvalue weighted by Gasteiger charge is -2.43. The van der Waals surface area contributed by atoms with Crippen LogP contribution in [0.2, 0.25) is 0 Å². The number of morpholine rings is 1. The van der Waals surface area contributed by atoms with E-state index < -0.39 is 5.60 Å². The zero-order valence-corrected chi connectivity index (χ0v) is 17.4. The van der Waals surface area contributed by atoms with Crippen molar-refractivity contribution >= 4 is 11.6 Å². The Hall–Kier alpha value is -2.37. The molecule has 2 heterocycles. The van der Waals surface area contributed by atoms with Gasteiger partial charge in [0.25, 0.3) is 5.91 Å². The quantitative estimate of drug-likeness (QED) is 0.791.